The number of amides is 1. The Balaban J connectivity index is 1.68. The van der Waals surface area contributed by atoms with Crippen LogP contribution in [0.3, 0.4) is 0 Å². The summed E-state index contributed by atoms with van der Waals surface area (Å²) in [5.74, 6) is 0.555. The van der Waals surface area contributed by atoms with Crippen molar-refractivity contribution in [3.63, 3.8) is 0 Å². The first-order chi connectivity index (χ1) is 9.19. The second-order valence-electron chi connectivity index (χ2n) is 6.44. The average molecular weight is 266 g/mol. The zero-order valence-electron chi connectivity index (χ0n) is 12.2. The summed E-state index contributed by atoms with van der Waals surface area (Å²) in [5, 5.41) is 3.19. The van der Waals surface area contributed by atoms with E-state index in [1.807, 2.05) is 11.9 Å². The number of nitrogens with one attached hydrogen (secondary N) is 1. The quantitative estimate of drug-likeness (QED) is 0.836. The molecular weight excluding hydrogens is 240 g/mol. The first-order valence-electron chi connectivity index (χ1n) is 7.78. The first-order valence-corrected chi connectivity index (χ1v) is 7.78. The van der Waals surface area contributed by atoms with Gasteiger partial charge >= 0.3 is 0 Å². The van der Waals surface area contributed by atoms with E-state index in [2.05, 4.69) is 12.2 Å². The Kier molecular flexibility index (Phi) is 3.56. The Morgan fingerprint density at radius 3 is 2.58 bits per heavy atom. The van der Waals surface area contributed by atoms with Crippen molar-refractivity contribution in [2.45, 2.75) is 51.2 Å². The van der Waals surface area contributed by atoms with Crippen LogP contribution in [0.15, 0.2) is 0 Å². The Hall–Kier alpha value is -0.610. The van der Waals surface area contributed by atoms with Crippen LogP contribution < -0.4 is 5.32 Å². The lowest BCUT2D eigenvalue weighted by Gasteiger charge is -2.57. The molecule has 0 aromatic rings. The minimum absolute atomic E-state index is 0.217. The molecule has 108 valence electrons. The van der Waals surface area contributed by atoms with Crippen LogP contribution in [-0.2, 0) is 9.53 Å². The van der Waals surface area contributed by atoms with Gasteiger partial charge in [0.2, 0.25) is 5.91 Å². The molecule has 1 spiro atoms. The highest BCUT2D eigenvalue weighted by atomic mass is 16.5. The van der Waals surface area contributed by atoms with Crippen molar-refractivity contribution in [1.29, 1.82) is 0 Å². The number of carbonyl (C=O) groups excluding carboxylic acids is 1. The van der Waals surface area contributed by atoms with E-state index in [4.69, 9.17) is 4.74 Å². The molecule has 0 radical (unpaired) electrons. The number of nitrogens with zero attached hydrogens (tertiary/aromatic N) is 1. The van der Waals surface area contributed by atoms with Gasteiger partial charge in [0.1, 0.15) is 0 Å². The van der Waals surface area contributed by atoms with Crippen LogP contribution in [0.4, 0.5) is 0 Å². The standard InChI is InChI=1S/C15H26N2O2/c1-3-19-13-8-12(15(13)6-4-5-7-15)17(2)14(18)11-9-16-10-11/h11-13,16H,3-10H2,1-2H3. The van der Waals surface area contributed by atoms with E-state index in [1.54, 1.807) is 0 Å². The molecule has 1 aliphatic heterocycles. The highest BCUT2D eigenvalue weighted by molar-refractivity contribution is 5.80. The van der Waals surface area contributed by atoms with E-state index in [9.17, 15) is 4.79 Å². The van der Waals surface area contributed by atoms with Gasteiger partial charge in [-0.2, -0.15) is 0 Å². The summed E-state index contributed by atoms with van der Waals surface area (Å²) in [6.45, 7) is 4.59. The fraction of sp³-hybridized carbons (Fsp3) is 0.933. The van der Waals surface area contributed by atoms with Crippen molar-refractivity contribution in [3.8, 4) is 0 Å². The maximum absolute atomic E-state index is 12.4. The normalized spacial score (nSPS) is 32.9. The predicted octanol–water partition coefficient (Wildman–Crippen LogP) is 1.40. The van der Waals surface area contributed by atoms with Crippen LogP contribution in [0.5, 0.6) is 0 Å². The van der Waals surface area contributed by atoms with E-state index >= 15 is 0 Å². The molecule has 3 aliphatic rings. The lowest BCUT2D eigenvalue weighted by Crippen LogP contribution is -2.66. The summed E-state index contributed by atoms with van der Waals surface area (Å²) in [6.07, 6.45) is 6.50. The van der Waals surface area contributed by atoms with E-state index in [0.717, 1.165) is 26.1 Å². The van der Waals surface area contributed by atoms with Crippen molar-refractivity contribution >= 4 is 5.91 Å². The highest BCUT2D eigenvalue weighted by Crippen LogP contribution is 2.56. The minimum atomic E-state index is 0.217. The second kappa shape index (κ2) is 5.06. The van der Waals surface area contributed by atoms with Crippen molar-refractivity contribution in [2.24, 2.45) is 11.3 Å². The van der Waals surface area contributed by atoms with Gasteiger partial charge in [-0.15, -0.1) is 0 Å². The summed E-state index contributed by atoms with van der Waals surface area (Å²) in [6, 6.07) is 0.416. The second-order valence-corrected chi connectivity index (χ2v) is 6.44. The molecule has 2 saturated carbocycles. The van der Waals surface area contributed by atoms with Crippen LogP contribution in [0.25, 0.3) is 0 Å². The molecule has 4 heteroatoms. The SMILES string of the molecule is CCOC1CC(N(C)C(=O)C2CNC2)C12CCCC2. The predicted molar refractivity (Wildman–Crippen MR) is 73.8 cm³/mol. The van der Waals surface area contributed by atoms with Crippen molar-refractivity contribution in [3.05, 3.63) is 0 Å². The van der Waals surface area contributed by atoms with Crippen LogP contribution >= 0.6 is 0 Å². The number of ether oxygens (including phenoxy) is 1. The fourth-order valence-corrected chi connectivity index (χ4v) is 4.30. The molecule has 1 amide bonds. The smallest absolute Gasteiger partial charge is 0.228 e. The Morgan fingerprint density at radius 1 is 1.37 bits per heavy atom. The van der Waals surface area contributed by atoms with Gasteiger partial charge in [-0.1, -0.05) is 12.8 Å². The van der Waals surface area contributed by atoms with Crippen molar-refractivity contribution < 1.29 is 9.53 Å². The largest absolute Gasteiger partial charge is 0.378 e. The van der Waals surface area contributed by atoms with E-state index in [1.165, 1.54) is 25.7 Å². The van der Waals surface area contributed by atoms with E-state index < -0.39 is 0 Å². The zero-order valence-corrected chi connectivity index (χ0v) is 12.2. The number of rotatable bonds is 4. The van der Waals surface area contributed by atoms with Gasteiger partial charge in [0.05, 0.1) is 12.0 Å². The highest BCUT2D eigenvalue weighted by Gasteiger charge is 2.59. The number of hydrogen-bond acceptors (Lipinski definition) is 3. The molecule has 0 aromatic heterocycles. The van der Waals surface area contributed by atoms with E-state index in [-0.39, 0.29) is 11.3 Å². The molecule has 1 saturated heterocycles. The molecule has 2 atom stereocenters. The molecule has 19 heavy (non-hydrogen) atoms. The third kappa shape index (κ3) is 2.00. The van der Waals surface area contributed by atoms with Crippen molar-refractivity contribution in [1.82, 2.24) is 10.2 Å². The average Bonchev–Trinajstić information content (AvgIpc) is 2.83. The molecule has 3 rings (SSSR count). The van der Waals surface area contributed by atoms with Gasteiger partial charge in [-0.05, 0) is 26.2 Å². The fourth-order valence-electron chi connectivity index (χ4n) is 4.30. The molecular formula is C15H26N2O2. The van der Waals surface area contributed by atoms with Crippen LogP contribution in [0.1, 0.15) is 39.0 Å². The van der Waals surface area contributed by atoms with Gasteiger partial charge in [0, 0.05) is 38.2 Å². The topological polar surface area (TPSA) is 41.6 Å². The van der Waals surface area contributed by atoms with Gasteiger partial charge < -0.3 is 15.0 Å². The van der Waals surface area contributed by atoms with Crippen LogP contribution in [0, 0.1) is 11.3 Å². The van der Waals surface area contributed by atoms with Gasteiger partial charge in [-0.3, -0.25) is 4.79 Å². The van der Waals surface area contributed by atoms with Gasteiger partial charge in [0.25, 0.3) is 0 Å². The maximum Gasteiger partial charge on any atom is 0.228 e. The lowest BCUT2D eigenvalue weighted by atomic mass is 9.60. The van der Waals surface area contributed by atoms with Gasteiger partial charge in [-0.25, -0.2) is 0 Å². The molecule has 0 aromatic carbocycles. The summed E-state index contributed by atoms with van der Waals surface area (Å²) in [7, 11) is 2.01. The maximum atomic E-state index is 12.4. The molecule has 3 fully saturated rings. The minimum Gasteiger partial charge on any atom is -0.378 e. The lowest BCUT2D eigenvalue weighted by molar-refractivity contribution is -0.175. The third-order valence-electron chi connectivity index (χ3n) is 5.59. The van der Waals surface area contributed by atoms with E-state index in [0.29, 0.717) is 18.1 Å². The summed E-state index contributed by atoms with van der Waals surface area (Å²) >= 11 is 0. The Morgan fingerprint density at radius 2 is 2.05 bits per heavy atom. The zero-order chi connectivity index (χ0) is 13.5. The Bertz CT molecular complexity index is 348. The molecule has 0 bridgehead atoms. The van der Waals surface area contributed by atoms with Gasteiger partial charge in [0.15, 0.2) is 0 Å². The molecule has 1 heterocycles. The first kappa shape index (κ1) is 13.4. The summed E-state index contributed by atoms with van der Waals surface area (Å²) in [5.41, 5.74) is 0.275. The number of carbonyl (C=O) groups is 1. The molecule has 4 nitrogen and oxygen atoms in total. The molecule has 2 unspecified atom stereocenters. The monoisotopic (exact) mass is 266 g/mol. The number of hydrogen-bond donors (Lipinski definition) is 1. The van der Waals surface area contributed by atoms with Crippen LogP contribution in [0.2, 0.25) is 0 Å². The summed E-state index contributed by atoms with van der Waals surface area (Å²) < 4.78 is 5.93. The third-order valence-corrected chi connectivity index (χ3v) is 5.59. The van der Waals surface area contributed by atoms with Crippen LogP contribution in [-0.4, -0.2) is 49.7 Å². The van der Waals surface area contributed by atoms with Crippen molar-refractivity contribution in [2.75, 3.05) is 26.7 Å². The summed E-state index contributed by atoms with van der Waals surface area (Å²) in [4.78, 5) is 14.5. The molecule has 2 aliphatic carbocycles. The molecule has 1 N–H and O–H groups in total. The Labute approximate surface area is 115 Å².